The van der Waals surface area contributed by atoms with Crippen LogP contribution in [0.25, 0.3) is 0 Å². The van der Waals surface area contributed by atoms with Crippen LogP contribution < -0.4 is 14.9 Å². The van der Waals surface area contributed by atoms with Gasteiger partial charge >= 0.3 is 24.9 Å². The summed E-state index contributed by atoms with van der Waals surface area (Å²) in [4.78, 5) is 18.0. The van der Waals surface area contributed by atoms with E-state index in [9.17, 15) is 9.67 Å². The number of phosphoric ester groups is 1. The Bertz CT molecular complexity index is 851. The summed E-state index contributed by atoms with van der Waals surface area (Å²) in [7, 11) is -4.71. The first-order valence-corrected chi connectivity index (χ1v) is 9.35. The predicted molar refractivity (Wildman–Crippen MR) is 99.6 cm³/mol. The first-order valence-electron chi connectivity index (χ1n) is 7.82. The van der Waals surface area contributed by atoms with Gasteiger partial charge in [0.2, 0.25) is 0 Å². The Morgan fingerprint density at radius 2 is 1.74 bits per heavy atom. The van der Waals surface area contributed by atoms with Crippen molar-refractivity contribution in [2.24, 2.45) is 0 Å². The molecule has 3 N–H and O–H groups in total. The Hall–Kier alpha value is -2.14. The van der Waals surface area contributed by atoms with Crippen molar-refractivity contribution in [1.29, 1.82) is 0 Å². The van der Waals surface area contributed by atoms with Crippen molar-refractivity contribution in [3.05, 3.63) is 89.4 Å². The van der Waals surface area contributed by atoms with Gasteiger partial charge < -0.3 is 14.9 Å². The summed E-state index contributed by atoms with van der Waals surface area (Å²) in [5, 5.41) is 14.7. The molecule has 0 spiro atoms. The molecule has 0 aliphatic heterocycles. The number of phosphoric acid groups is 1. The third-order valence-electron chi connectivity index (χ3n) is 3.36. The van der Waals surface area contributed by atoms with Gasteiger partial charge in [0.15, 0.2) is 5.75 Å². The first kappa shape index (κ1) is 22.9. The molecule has 3 rings (SSSR count). The summed E-state index contributed by atoms with van der Waals surface area (Å²) in [5.41, 5.74) is 2.04. The van der Waals surface area contributed by atoms with Crippen LogP contribution in [-0.2, 0) is 21.6 Å². The molecule has 1 aliphatic rings. The quantitative estimate of drug-likeness (QED) is 0.299. The molecule has 0 unspecified atom stereocenters. The molecule has 0 saturated carbocycles. The zero-order chi connectivity index (χ0) is 19.2. The summed E-state index contributed by atoms with van der Waals surface area (Å²) < 4.78 is 15.8. The zero-order valence-electron chi connectivity index (χ0n) is 14.8. The molecule has 6 nitrogen and oxygen atoms in total. The Morgan fingerprint density at radius 1 is 1.15 bits per heavy atom. The van der Waals surface area contributed by atoms with Crippen LogP contribution in [0.15, 0.2) is 78.2 Å². The van der Waals surface area contributed by atoms with Gasteiger partial charge in [0.25, 0.3) is 0 Å². The van der Waals surface area contributed by atoms with Gasteiger partial charge in [-0.25, -0.2) is 16.7 Å². The van der Waals surface area contributed by atoms with Gasteiger partial charge in [0, 0.05) is 0 Å². The maximum atomic E-state index is 12.1. The van der Waals surface area contributed by atoms with Crippen molar-refractivity contribution in [3.8, 4) is 5.75 Å². The fourth-order valence-corrected chi connectivity index (χ4v) is 2.81. The Labute approximate surface area is 169 Å². The molecule has 0 amide bonds. The maximum Gasteiger partial charge on any atom is 2.00 e. The Morgan fingerprint density at radius 3 is 2.22 bits per heavy atom. The second-order valence-corrected chi connectivity index (χ2v) is 6.79. The molecule has 0 bridgehead atoms. The Balaban J connectivity index is 0.000000526. The van der Waals surface area contributed by atoms with Gasteiger partial charge in [-0.3, -0.25) is 9.79 Å². The number of hydrogen-bond donors (Lipinski definition) is 3. The van der Waals surface area contributed by atoms with Gasteiger partial charge in [-0.2, -0.15) is 18.2 Å². The number of allylic oxidation sites excluding steroid dienone is 5. The molecular weight excluding hydrogens is 409 g/mol. The molecule has 1 aliphatic carbocycles. The van der Waals surface area contributed by atoms with E-state index in [1.54, 1.807) is 43.4 Å². The SMILES string of the molecule is Cc1cc(C)c(OP(=O)(O)O)c(NC([O-])=C2C=CC=C2)c1.[Fe+2].c1cc[cH-]c1. The summed E-state index contributed by atoms with van der Waals surface area (Å²) in [6.45, 7) is 3.46. The molecule has 8 heteroatoms. The largest absolute Gasteiger partial charge is 2.00 e. The summed E-state index contributed by atoms with van der Waals surface area (Å²) >= 11 is 0. The molecule has 0 saturated heterocycles. The zero-order valence-corrected chi connectivity index (χ0v) is 16.8. The van der Waals surface area contributed by atoms with Crippen LogP contribution in [0.2, 0.25) is 0 Å². The number of rotatable bonds is 4. The molecule has 2 aromatic carbocycles. The monoisotopic (exact) mass is 429 g/mol. The van der Waals surface area contributed by atoms with Gasteiger partial charge in [0.05, 0.1) is 5.69 Å². The fourth-order valence-electron chi connectivity index (χ4n) is 2.33. The number of hydrogen-bond acceptors (Lipinski definition) is 4. The maximum absolute atomic E-state index is 12.1. The van der Waals surface area contributed by atoms with Gasteiger partial charge in [-0.05, 0) is 42.5 Å². The van der Waals surface area contributed by atoms with Crippen LogP contribution >= 0.6 is 7.82 Å². The third kappa shape index (κ3) is 7.55. The van der Waals surface area contributed by atoms with Crippen LogP contribution in [0.5, 0.6) is 5.75 Å². The van der Waals surface area contributed by atoms with Crippen molar-refractivity contribution < 1.29 is 41.1 Å². The van der Waals surface area contributed by atoms with Crippen LogP contribution in [0, 0.1) is 13.8 Å². The number of anilines is 1. The standard InChI is InChI=1S/C14H16NO5P.C5H5.Fe/c1-9-7-10(2)13(20-21(17,18)19)12(8-9)15-14(16)11-5-3-4-6-11;1-2-4-5-3-1;/h3-8,15-16H,1-2H3,(H2,17,18,19);1-5H;/q;-1;+2/p-1. The average Bonchev–Trinajstić information content (AvgIpc) is 3.24. The van der Waals surface area contributed by atoms with E-state index in [0.717, 1.165) is 5.56 Å². The third-order valence-corrected chi connectivity index (χ3v) is 3.78. The molecule has 0 aromatic heterocycles. The Kier molecular flexibility index (Phi) is 8.70. The van der Waals surface area contributed by atoms with Crippen molar-refractivity contribution in [2.75, 3.05) is 5.32 Å². The molecule has 0 atom stereocenters. The number of nitrogens with one attached hydrogen (secondary N) is 1. The molecule has 0 heterocycles. The fraction of sp³-hybridized carbons (Fsp3) is 0.105. The van der Waals surface area contributed by atoms with E-state index < -0.39 is 7.82 Å². The topological polar surface area (TPSA) is 102 Å². The van der Waals surface area contributed by atoms with E-state index in [2.05, 4.69) is 9.84 Å². The van der Waals surface area contributed by atoms with Gasteiger partial charge in [-0.1, -0.05) is 30.4 Å². The minimum atomic E-state index is -4.71. The van der Waals surface area contributed by atoms with Crippen molar-refractivity contribution in [2.45, 2.75) is 13.8 Å². The smallest absolute Gasteiger partial charge is 0.860 e. The van der Waals surface area contributed by atoms with Crippen molar-refractivity contribution in [3.63, 3.8) is 0 Å². The normalized spacial score (nSPS) is 12.1. The summed E-state index contributed by atoms with van der Waals surface area (Å²) in [6, 6.07) is 13.3. The van der Waals surface area contributed by atoms with E-state index >= 15 is 0 Å². The minimum Gasteiger partial charge on any atom is -0.860 e. The van der Waals surface area contributed by atoms with Gasteiger partial charge in [-0.15, -0.1) is 0 Å². The molecular formula is C19H20FeNO5P. The van der Waals surface area contributed by atoms with E-state index in [4.69, 9.17) is 9.79 Å². The molecule has 144 valence electrons. The molecule has 27 heavy (non-hydrogen) atoms. The molecule has 2 aromatic rings. The average molecular weight is 429 g/mol. The van der Waals surface area contributed by atoms with Crippen LogP contribution in [0.3, 0.4) is 0 Å². The van der Waals surface area contributed by atoms with E-state index in [1.165, 1.54) is 0 Å². The molecule has 0 fully saturated rings. The summed E-state index contributed by atoms with van der Waals surface area (Å²) in [6.07, 6.45) is 6.73. The number of benzene rings is 1. The van der Waals surface area contributed by atoms with Crippen LogP contribution in [-0.4, -0.2) is 9.79 Å². The van der Waals surface area contributed by atoms with E-state index in [0.29, 0.717) is 11.1 Å². The van der Waals surface area contributed by atoms with E-state index in [-0.39, 0.29) is 34.4 Å². The first-order chi connectivity index (χ1) is 12.3. The summed E-state index contributed by atoms with van der Waals surface area (Å²) in [5.74, 6) is -0.408. The van der Waals surface area contributed by atoms with Crippen LogP contribution in [0.1, 0.15) is 11.1 Å². The second kappa shape index (κ2) is 10.3. The number of aryl methyl sites for hydroxylation is 2. The minimum absolute atomic E-state index is 0. The van der Waals surface area contributed by atoms with Crippen molar-refractivity contribution in [1.82, 2.24) is 0 Å². The second-order valence-electron chi connectivity index (χ2n) is 5.63. The van der Waals surface area contributed by atoms with Crippen molar-refractivity contribution >= 4 is 13.5 Å². The predicted octanol–water partition coefficient (Wildman–Crippen LogP) is 3.29. The van der Waals surface area contributed by atoms with E-state index in [1.807, 2.05) is 37.3 Å². The van der Waals surface area contributed by atoms with Gasteiger partial charge in [0.1, 0.15) is 0 Å². The molecule has 0 radical (unpaired) electrons. The van der Waals surface area contributed by atoms with Crippen LogP contribution in [0.4, 0.5) is 5.69 Å².